The molecular formula is C16H13NO3S2. The minimum absolute atomic E-state index is 0.248. The molecule has 0 fully saturated rings. The maximum absolute atomic E-state index is 12.8. The lowest BCUT2D eigenvalue weighted by Crippen LogP contribution is -2.40. The SMILES string of the molecule is CC1=C(C(=O)c2cccs2)C(C)(C(=O)c2cccs2)C(=O)N1. The molecule has 6 heteroatoms. The van der Waals surface area contributed by atoms with Crippen molar-refractivity contribution in [2.45, 2.75) is 13.8 Å². The van der Waals surface area contributed by atoms with Crippen LogP contribution in [0.15, 0.2) is 46.3 Å². The summed E-state index contributed by atoms with van der Waals surface area (Å²) < 4.78 is 0. The first-order valence-corrected chi connectivity index (χ1v) is 8.41. The van der Waals surface area contributed by atoms with Crippen molar-refractivity contribution in [1.82, 2.24) is 5.32 Å². The molecule has 1 N–H and O–H groups in total. The lowest BCUT2D eigenvalue weighted by Gasteiger charge is -2.22. The zero-order valence-electron chi connectivity index (χ0n) is 12.0. The molecule has 3 heterocycles. The molecule has 0 spiro atoms. The maximum Gasteiger partial charge on any atom is 0.242 e. The van der Waals surface area contributed by atoms with Crippen LogP contribution in [0.25, 0.3) is 0 Å². The Morgan fingerprint density at radius 1 is 1.09 bits per heavy atom. The van der Waals surface area contributed by atoms with E-state index in [0.717, 1.165) is 0 Å². The van der Waals surface area contributed by atoms with Gasteiger partial charge in [-0.3, -0.25) is 14.4 Å². The Morgan fingerprint density at radius 3 is 2.23 bits per heavy atom. The Morgan fingerprint density at radius 2 is 1.68 bits per heavy atom. The molecule has 0 saturated heterocycles. The van der Waals surface area contributed by atoms with Crippen LogP contribution in [-0.2, 0) is 4.79 Å². The van der Waals surface area contributed by atoms with Gasteiger partial charge in [0.25, 0.3) is 0 Å². The molecule has 4 nitrogen and oxygen atoms in total. The quantitative estimate of drug-likeness (QED) is 0.691. The Bertz CT molecular complexity index is 787. The molecule has 2 aromatic heterocycles. The molecule has 1 aliphatic rings. The lowest BCUT2D eigenvalue weighted by atomic mass is 9.76. The van der Waals surface area contributed by atoms with Crippen LogP contribution in [0.3, 0.4) is 0 Å². The molecular weight excluding hydrogens is 318 g/mol. The second kappa shape index (κ2) is 5.30. The van der Waals surface area contributed by atoms with Gasteiger partial charge in [-0.2, -0.15) is 0 Å². The average molecular weight is 331 g/mol. The molecule has 0 radical (unpaired) electrons. The van der Waals surface area contributed by atoms with E-state index in [2.05, 4.69) is 5.32 Å². The van der Waals surface area contributed by atoms with E-state index in [0.29, 0.717) is 15.5 Å². The fourth-order valence-corrected chi connectivity index (χ4v) is 4.09. The van der Waals surface area contributed by atoms with Gasteiger partial charge in [-0.25, -0.2) is 0 Å². The normalized spacial score (nSPS) is 21.1. The summed E-state index contributed by atoms with van der Waals surface area (Å²) in [5.74, 6) is -1.04. The van der Waals surface area contributed by atoms with Crippen LogP contribution in [0, 0.1) is 5.41 Å². The molecule has 1 atom stereocenters. The maximum atomic E-state index is 12.8. The number of carbonyl (C=O) groups excluding carboxylic acids is 3. The number of hydrogen-bond donors (Lipinski definition) is 1. The standard InChI is InChI=1S/C16H13NO3S2/c1-9-12(13(18)10-5-3-7-21-10)16(2,15(20)17-9)14(19)11-6-4-8-22-11/h3-8H,1-2H3,(H,17,20). The molecule has 0 saturated carbocycles. The number of ketones is 2. The molecule has 0 bridgehead atoms. The van der Waals surface area contributed by atoms with E-state index in [-0.39, 0.29) is 17.1 Å². The first-order chi connectivity index (χ1) is 10.5. The Kier molecular flexibility index (Phi) is 3.58. The zero-order valence-corrected chi connectivity index (χ0v) is 13.6. The van der Waals surface area contributed by atoms with Crippen LogP contribution in [-0.4, -0.2) is 17.5 Å². The van der Waals surface area contributed by atoms with Crippen LogP contribution >= 0.6 is 22.7 Å². The fraction of sp³-hybridized carbons (Fsp3) is 0.188. The second-order valence-corrected chi connectivity index (χ2v) is 7.09. The van der Waals surface area contributed by atoms with E-state index >= 15 is 0 Å². The first-order valence-electron chi connectivity index (χ1n) is 6.65. The monoisotopic (exact) mass is 331 g/mol. The van der Waals surface area contributed by atoms with Crippen molar-refractivity contribution in [2.75, 3.05) is 0 Å². The van der Waals surface area contributed by atoms with Crippen molar-refractivity contribution in [1.29, 1.82) is 0 Å². The highest BCUT2D eigenvalue weighted by molar-refractivity contribution is 7.12. The minimum Gasteiger partial charge on any atom is -0.328 e. The van der Waals surface area contributed by atoms with E-state index in [1.807, 2.05) is 0 Å². The Hall–Kier alpha value is -2.05. The van der Waals surface area contributed by atoms with Crippen molar-refractivity contribution in [2.24, 2.45) is 5.41 Å². The van der Waals surface area contributed by atoms with Crippen LogP contribution in [0.2, 0.25) is 0 Å². The highest BCUT2D eigenvalue weighted by Gasteiger charge is 2.52. The predicted octanol–water partition coefficient (Wildman–Crippen LogP) is 3.29. The average Bonchev–Trinajstić information content (AvgIpc) is 3.21. The third-order valence-corrected chi connectivity index (χ3v) is 5.54. The highest BCUT2D eigenvalue weighted by atomic mass is 32.1. The smallest absolute Gasteiger partial charge is 0.242 e. The molecule has 112 valence electrons. The van der Waals surface area contributed by atoms with Crippen LogP contribution in [0.1, 0.15) is 33.2 Å². The van der Waals surface area contributed by atoms with E-state index in [1.54, 1.807) is 41.9 Å². The second-order valence-electron chi connectivity index (χ2n) is 5.19. The largest absolute Gasteiger partial charge is 0.328 e. The van der Waals surface area contributed by atoms with Crippen LogP contribution < -0.4 is 5.32 Å². The fourth-order valence-electron chi connectivity index (χ4n) is 2.65. The highest BCUT2D eigenvalue weighted by Crippen LogP contribution is 2.40. The van der Waals surface area contributed by atoms with Crippen LogP contribution in [0.4, 0.5) is 0 Å². The van der Waals surface area contributed by atoms with Gasteiger partial charge in [0, 0.05) is 11.3 Å². The molecule has 0 aliphatic carbocycles. The van der Waals surface area contributed by atoms with Gasteiger partial charge in [-0.15, -0.1) is 22.7 Å². The lowest BCUT2D eigenvalue weighted by molar-refractivity contribution is -0.124. The molecule has 22 heavy (non-hydrogen) atoms. The van der Waals surface area contributed by atoms with Crippen molar-refractivity contribution in [3.05, 3.63) is 56.1 Å². The van der Waals surface area contributed by atoms with Gasteiger partial charge >= 0.3 is 0 Å². The topological polar surface area (TPSA) is 63.2 Å². The van der Waals surface area contributed by atoms with Crippen molar-refractivity contribution in [3.63, 3.8) is 0 Å². The number of carbonyl (C=O) groups is 3. The van der Waals surface area contributed by atoms with E-state index in [1.165, 1.54) is 29.6 Å². The van der Waals surface area contributed by atoms with Gasteiger partial charge < -0.3 is 5.32 Å². The van der Waals surface area contributed by atoms with Gasteiger partial charge in [0.1, 0.15) is 5.41 Å². The Labute approximate surface area is 135 Å². The molecule has 1 amide bonds. The van der Waals surface area contributed by atoms with Gasteiger partial charge in [-0.05, 0) is 36.7 Å². The van der Waals surface area contributed by atoms with Crippen molar-refractivity contribution in [3.8, 4) is 0 Å². The van der Waals surface area contributed by atoms with Crippen LogP contribution in [0.5, 0.6) is 0 Å². The molecule has 1 aliphatic heterocycles. The van der Waals surface area contributed by atoms with E-state index in [4.69, 9.17) is 0 Å². The van der Waals surface area contributed by atoms with E-state index < -0.39 is 11.3 Å². The number of allylic oxidation sites excluding steroid dienone is 1. The van der Waals surface area contributed by atoms with E-state index in [9.17, 15) is 14.4 Å². The number of hydrogen-bond acceptors (Lipinski definition) is 5. The Balaban J connectivity index is 2.10. The first kappa shape index (κ1) is 14.9. The number of Topliss-reactive ketones (excluding diaryl/α,β-unsaturated/α-hetero) is 2. The van der Waals surface area contributed by atoms with Gasteiger partial charge in [0.05, 0.1) is 9.75 Å². The van der Waals surface area contributed by atoms with Gasteiger partial charge in [0.15, 0.2) is 5.78 Å². The summed E-state index contributed by atoms with van der Waals surface area (Å²) in [5.41, 5.74) is -0.773. The van der Waals surface area contributed by atoms with Gasteiger partial charge in [-0.1, -0.05) is 12.1 Å². The third-order valence-electron chi connectivity index (χ3n) is 3.80. The summed E-state index contributed by atoms with van der Waals surface area (Å²) >= 11 is 2.57. The zero-order chi connectivity index (χ0) is 15.9. The summed E-state index contributed by atoms with van der Waals surface area (Å²) in [6.45, 7) is 3.19. The number of rotatable bonds is 4. The number of amides is 1. The van der Waals surface area contributed by atoms with Crippen molar-refractivity contribution >= 4 is 40.1 Å². The summed E-state index contributed by atoms with van der Waals surface area (Å²) in [5, 5.41) is 6.23. The predicted molar refractivity (Wildman–Crippen MR) is 86.2 cm³/mol. The summed E-state index contributed by atoms with van der Waals surface area (Å²) in [7, 11) is 0. The summed E-state index contributed by atoms with van der Waals surface area (Å²) in [6.07, 6.45) is 0. The molecule has 0 aromatic carbocycles. The van der Waals surface area contributed by atoms with Gasteiger partial charge in [0.2, 0.25) is 11.7 Å². The third kappa shape index (κ3) is 2.07. The molecule has 1 unspecified atom stereocenters. The minimum atomic E-state index is -1.48. The van der Waals surface area contributed by atoms with Crippen molar-refractivity contribution < 1.29 is 14.4 Å². The number of nitrogens with one attached hydrogen (secondary N) is 1. The molecule has 3 rings (SSSR count). The number of thiophene rings is 2. The summed E-state index contributed by atoms with van der Waals surface area (Å²) in [6, 6.07) is 6.90. The summed E-state index contributed by atoms with van der Waals surface area (Å²) in [4.78, 5) is 39.0. The molecule has 2 aromatic rings.